The average Bonchev–Trinajstić information content (AvgIpc) is 2.67. The molecule has 0 saturated carbocycles. The number of fused-ring (bicyclic) bond motifs is 1. The van der Waals surface area contributed by atoms with Crippen LogP contribution in [0.1, 0.15) is 73.1 Å². The summed E-state index contributed by atoms with van der Waals surface area (Å²) in [5.74, 6) is -1.83. The fraction of sp³-hybridized carbons (Fsp3) is 0.333. The van der Waals surface area contributed by atoms with Crippen molar-refractivity contribution in [2.24, 2.45) is 5.16 Å². The Kier molecular flexibility index (Phi) is 5.35. The van der Waals surface area contributed by atoms with Crippen LogP contribution in [0.2, 0.25) is 0 Å². The lowest BCUT2D eigenvalue weighted by molar-refractivity contribution is 0.0696. The van der Waals surface area contributed by atoms with Crippen LogP contribution in [0.25, 0.3) is 6.08 Å². The molecule has 0 aromatic heterocycles. The summed E-state index contributed by atoms with van der Waals surface area (Å²) in [7, 11) is 0. The van der Waals surface area contributed by atoms with Crippen molar-refractivity contribution in [1.29, 1.82) is 0 Å². The summed E-state index contributed by atoms with van der Waals surface area (Å²) < 4.78 is 14.2. The van der Waals surface area contributed by atoms with Crippen molar-refractivity contribution in [3.05, 3.63) is 76.1 Å². The molecule has 4 nitrogen and oxygen atoms in total. The van der Waals surface area contributed by atoms with E-state index in [1.54, 1.807) is 0 Å². The summed E-state index contributed by atoms with van der Waals surface area (Å²) in [6.45, 7) is 8.92. The second-order valence-corrected chi connectivity index (χ2v) is 8.89. The summed E-state index contributed by atoms with van der Waals surface area (Å²) in [6, 6.07) is 9.77. The fourth-order valence-electron chi connectivity index (χ4n) is 3.90. The Hall–Kier alpha value is -2.95. The van der Waals surface area contributed by atoms with E-state index in [1.807, 2.05) is 6.07 Å². The van der Waals surface area contributed by atoms with Gasteiger partial charge in [0.05, 0.1) is 5.56 Å². The van der Waals surface area contributed by atoms with E-state index in [1.165, 1.54) is 35.4 Å². The Morgan fingerprint density at radius 2 is 1.62 bits per heavy atom. The van der Waals surface area contributed by atoms with E-state index in [9.17, 15) is 14.4 Å². The van der Waals surface area contributed by atoms with Crippen molar-refractivity contribution in [3.63, 3.8) is 0 Å². The SMILES string of the molecule is CC1(C)CCC(C)(C)c2cc(C(C=Cc3ccc(C(=O)O)cc3F)=NO)ccc21. The van der Waals surface area contributed by atoms with Crippen LogP contribution >= 0.6 is 0 Å². The molecule has 0 saturated heterocycles. The fourth-order valence-corrected chi connectivity index (χ4v) is 3.90. The first-order valence-corrected chi connectivity index (χ1v) is 9.63. The number of carbonyl (C=O) groups is 1. The first-order valence-electron chi connectivity index (χ1n) is 9.63. The number of carboxylic acids is 1. The maximum absolute atomic E-state index is 14.2. The molecule has 0 heterocycles. The van der Waals surface area contributed by atoms with E-state index < -0.39 is 11.8 Å². The topological polar surface area (TPSA) is 69.9 Å². The summed E-state index contributed by atoms with van der Waals surface area (Å²) in [5, 5.41) is 21.9. The molecule has 0 unspecified atom stereocenters. The molecule has 0 bridgehead atoms. The molecule has 5 heteroatoms. The van der Waals surface area contributed by atoms with E-state index in [4.69, 9.17) is 5.11 Å². The summed E-state index contributed by atoms with van der Waals surface area (Å²) in [5.41, 5.74) is 3.80. The Morgan fingerprint density at radius 1 is 1.00 bits per heavy atom. The van der Waals surface area contributed by atoms with Gasteiger partial charge in [-0.2, -0.15) is 0 Å². The Labute approximate surface area is 170 Å². The molecule has 2 aromatic carbocycles. The first-order chi connectivity index (χ1) is 13.5. The van der Waals surface area contributed by atoms with Gasteiger partial charge < -0.3 is 10.3 Å². The van der Waals surface area contributed by atoms with Gasteiger partial charge in [-0.15, -0.1) is 0 Å². The van der Waals surface area contributed by atoms with Crippen LogP contribution in [0, 0.1) is 5.82 Å². The number of benzene rings is 2. The minimum absolute atomic E-state index is 0.0178. The second-order valence-electron chi connectivity index (χ2n) is 8.89. The van der Waals surface area contributed by atoms with Gasteiger partial charge in [-0.05, 0) is 65.1 Å². The molecular weight excluding hydrogens is 369 g/mol. The zero-order chi connectivity index (χ0) is 21.4. The maximum atomic E-state index is 14.2. The monoisotopic (exact) mass is 395 g/mol. The molecule has 1 aliphatic rings. The van der Waals surface area contributed by atoms with Gasteiger partial charge in [0, 0.05) is 11.1 Å². The molecule has 29 heavy (non-hydrogen) atoms. The Morgan fingerprint density at radius 3 is 2.21 bits per heavy atom. The number of hydrogen-bond acceptors (Lipinski definition) is 3. The normalized spacial score (nSPS) is 17.9. The van der Waals surface area contributed by atoms with Gasteiger partial charge in [0.15, 0.2) is 0 Å². The number of carboxylic acid groups (broad SMARTS) is 1. The highest BCUT2D eigenvalue weighted by Gasteiger charge is 2.37. The Bertz CT molecular complexity index is 1020. The smallest absolute Gasteiger partial charge is 0.335 e. The molecule has 0 fully saturated rings. The van der Waals surface area contributed by atoms with Gasteiger partial charge >= 0.3 is 5.97 Å². The molecule has 152 valence electrons. The van der Waals surface area contributed by atoms with Gasteiger partial charge in [-0.3, -0.25) is 0 Å². The number of aromatic carboxylic acids is 1. The number of halogens is 1. The summed E-state index contributed by atoms with van der Waals surface area (Å²) in [4.78, 5) is 10.9. The number of rotatable bonds is 4. The molecule has 0 aliphatic heterocycles. The van der Waals surface area contributed by atoms with Crippen molar-refractivity contribution in [3.8, 4) is 0 Å². The van der Waals surface area contributed by atoms with Crippen molar-refractivity contribution in [2.75, 3.05) is 0 Å². The highest BCUT2D eigenvalue weighted by Crippen LogP contribution is 2.45. The number of allylic oxidation sites excluding steroid dienone is 1. The second kappa shape index (κ2) is 7.47. The van der Waals surface area contributed by atoms with Gasteiger partial charge in [-0.1, -0.05) is 51.0 Å². The van der Waals surface area contributed by atoms with E-state index >= 15 is 0 Å². The van der Waals surface area contributed by atoms with Crippen LogP contribution in [-0.4, -0.2) is 22.0 Å². The first kappa shape index (κ1) is 20.8. The highest BCUT2D eigenvalue weighted by atomic mass is 19.1. The van der Waals surface area contributed by atoms with E-state index in [0.29, 0.717) is 5.71 Å². The van der Waals surface area contributed by atoms with Crippen molar-refractivity contribution < 1.29 is 19.5 Å². The third-order valence-corrected chi connectivity index (χ3v) is 5.92. The number of oxime groups is 1. The minimum Gasteiger partial charge on any atom is -0.478 e. The molecular formula is C24H26FNO3. The van der Waals surface area contributed by atoms with Crippen LogP contribution in [0.15, 0.2) is 47.6 Å². The van der Waals surface area contributed by atoms with Crippen LogP contribution in [0.5, 0.6) is 0 Å². The summed E-state index contributed by atoms with van der Waals surface area (Å²) >= 11 is 0. The third-order valence-electron chi connectivity index (χ3n) is 5.92. The molecule has 0 atom stereocenters. The van der Waals surface area contributed by atoms with Crippen LogP contribution in [0.4, 0.5) is 4.39 Å². The van der Waals surface area contributed by atoms with Crippen LogP contribution < -0.4 is 0 Å². The Balaban J connectivity index is 1.96. The zero-order valence-electron chi connectivity index (χ0n) is 17.2. The van der Waals surface area contributed by atoms with Crippen molar-refractivity contribution in [1.82, 2.24) is 0 Å². The van der Waals surface area contributed by atoms with E-state index in [2.05, 4.69) is 45.0 Å². The lowest BCUT2D eigenvalue weighted by atomic mass is 9.63. The van der Waals surface area contributed by atoms with Gasteiger partial charge in [0.1, 0.15) is 11.5 Å². The zero-order valence-corrected chi connectivity index (χ0v) is 17.2. The lowest BCUT2D eigenvalue weighted by Gasteiger charge is -2.42. The molecule has 1 aliphatic carbocycles. The van der Waals surface area contributed by atoms with E-state index in [0.717, 1.165) is 24.5 Å². The molecule has 2 aromatic rings. The highest BCUT2D eigenvalue weighted by molar-refractivity contribution is 6.10. The molecule has 0 radical (unpaired) electrons. The quantitative estimate of drug-likeness (QED) is 0.392. The van der Waals surface area contributed by atoms with Crippen molar-refractivity contribution >= 4 is 17.8 Å². The lowest BCUT2D eigenvalue weighted by Crippen LogP contribution is -2.34. The predicted molar refractivity (Wildman–Crippen MR) is 112 cm³/mol. The molecule has 2 N–H and O–H groups in total. The summed E-state index contributed by atoms with van der Waals surface area (Å²) in [6.07, 6.45) is 5.18. The van der Waals surface area contributed by atoms with Crippen LogP contribution in [-0.2, 0) is 10.8 Å². The predicted octanol–water partition coefficient (Wildman–Crippen LogP) is 5.76. The maximum Gasteiger partial charge on any atom is 0.335 e. The number of nitrogens with zero attached hydrogens (tertiary/aromatic N) is 1. The average molecular weight is 395 g/mol. The van der Waals surface area contributed by atoms with Crippen LogP contribution in [0.3, 0.4) is 0 Å². The standard InChI is InChI=1S/C24H26FNO3/c1-23(2)11-12-24(3,4)19-13-16(7-9-18(19)23)21(26-29)10-8-15-5-6-17(22(27)28)14-20(15)25/h5-10,13-14,29H,11-12H2,1-4H3,(H,27,28). The molecule has 3 rings (SSSR count). The van der Waals surface area contributed by atoms with Gasteiger partial charge in [-0.25, -0.2) is 9.18 Å². The largest absolute Gasteiger partial charge is 0.478 e. The number of hydrogen-bond donors (Lipinski definition) is 2. The van der Waals surface area contributed by atoms with Gasteiger partial charge in [0.2, 0.25) is 0 Å². The molecule has 0 spiro atoms. The van der Waals surface area contributed by atoms with E-state index in [-0.39, 0.29) is 22.0 Å². The molecule has 0 amide bonds. The van der Waals surface area contributed by atoms with Gasteiger partial charge in [0.25, 0.3) is 0 Å². The van der Waals surface area contributed by atoms with Crippen molar-refractivity contribution in [2.45, 2.75) is 51.4 Å². The third kappa shape index (κ3) is 4.09. The minimum atomic E-state index is -1.18.